The molecule has 2 aromatic rings. The summed E-state index contributed by atoms with van der Waals surface area (Å²) >= 11 is 0. The lowest BCUT2D eigenvalue weighted by molar-refractivity contribution is -0.135. The minimum absolute atomic E-state index is 0.151. The van der Waals surface area contributed by atoms with Crippen molar-refractivity contribution in [2.75, 3.05) is 13.7 Å². The number of carbonyl (C=O) groups is 2. The van der Waals surface area contributed by atoms with Gasteiger partial charge in [-0.2, -0.15) is 0 Å². The molecule has 2 amide bonds. The highest BCUT2D eigenvalue weighted by Gasteiger charge is 2.27. The molecule has 1 aliphatic heterocycles. The Morgan fingerprint density at radius 3 is 2.71 bits per heavy atom. The number of aryl methyl sites for hydroxylation is 2. The minimum atomic E-state index is -0.151. The van der Waals surface area contributed by atoms with Crippen molar-refractivity contribution in [3.05, 3.63) is 41.7 Å². The van der Waals surface area contributed by atoms with Gasteiger partial charge in [0.05, 0.1) is 13.3 Å². The molecule has 8 nitrogen and oxygen atoms in total. The lowest BCUT2D eigenvalue weighted by atomic mass is 9.98. The number of carbonyl (C=O) groups excluding carboxylic acids is 2. The second-order valence-corrected chi connectivity index (χ2v) is 8.49. The molecule has 31 heavy (non-hydrogen) atoms. The highest BCUT2D eigenvalue weighted by Crippen LogP contribution is 2.22. The third-order valence-electron chi connectivity index (χ3n) is 6.11. The highest BCUT2D eigenvalue weighted by molar-refractivity contribution is 5.92. The summed E-state index contributed by atoms with van der Waals surface area (Å²) < 4.78 is 6.91. The van der Waals surface area contributed by atoms with Gasteiger partial charge in [-0.15, -0.1) is 5.10 Å². The number of methoxy groups -OCH3 is 1. The fraction of sp³-hybridized carbons (Fsp3) is 0.565. The van der Waals surface area contributed by atoms with Crippen molar-refractivity contribution in [2.24, 2.45) is 0 Å². The van der Waals surface area contributed by atoms with E-state index in [9.17, 15) is 9.59 Å². The topological polar surface area (TPSA) is 89.4 Å². The van der Waals surface area contributed by atoms with Gasteiger partial charge in [-0.1, -0.05) is 17.3 Å². The first-order chi connectivity index (χ1) is 15.1. The Balaban J connectivity index is 1.28. The molecule has 1 saturated heterocycles. The number of hydrogen-bond donors (Lipinski definition) is 1. The maximum atomic E-state index is 12.9. The number of hydrogen-bond acceptors (Lipinski definition) is 5. The maximum Gasteiger partial charge on any atom is 0.273 e. The van der Waals surface area contributed by atoms with Crippen LogP contribution in [-0.4, -0.2) is 57.4 Å². The van der Waals surface area contributed by atoms with E-state index in [-0.39, 0.29) is 17.9 Å². The lowest BCUT2D eigenvalue weighted by Gasteiger charge is -2.36. The van der Waals surface area contributed by atoms with Crippen LogP contribution in [0.1, 0.15) is 61.0 Å². The molecule has 0 unspecified atom stereocenters. The molecule has 2 aliphatic rings. The van der Waals surface area contributed by atoms with E-state index in [1.54, 1.807) is 18.0 Å². The van der Waals surface area contributed by atoms with Crippen LogP contribution < -0.4 is 10.1 Å². The van der Waals surface area contributed by atoms with Gasteiger partial charge in [0.25, 0.3) is 5.91 Å². The summed E-state index contributed by atoms with van der Waals surface area (Å²) in [6.07, 6.45) is 9.06. The van der Waals surface area contributed by atoms with Crippen molar-refractivity contribution >= 4 is 11.8 Å². The van der Waals surface area contributed by atoms with Crippen molar-refractivity contribution in [2.45, 2.75) is 70.0 Å². The van der Waals surface area contributed by atoms with Crippen molar-refractivity contribution in [3.63, 3.8) is 0 Å². The van der Waals surface area contributed by atoms with Gasteiger partial charge in [0.15, 0.2) is 5.69 Å². The van der Waals surface area contributed by atoms with Crippen LogP contribution in [0.2, 0.25) is 0 Å². The van der Waals surface area contributed by atoms with Crippen molar-refractivity contribution in [1.82, 2.24) is 25.2 Å². The third-order valence-corrected chi connectivity index (χ3v) is 6.11. The summed E-state index contributed by atoms with van der Waals surface area (Å²) in [5.74, 6) is 0.887. The van der Waals surface area contributed by atoms with Crippen LogP contribution in [0.4, 0.5) is 0 Å². The maximum absolute atomic E-state index is 12.9. The number of ether oxygens (including phenoxy) is 1. The molecule has 8 heteroatoms. The predicted octanol–water partition coefficient (Wildman–Crippen LogP) is 2.58. The summed E-state index contributed by atoms with van der Waals surface area (Å²) in [4.78, 5) is 27.1. The molecule has 0 radical (unpaired) electrons. The molecule has 0 bridgehead atoms. The summed E-state index contributed by atoms with van der Waals surface area (Å²) in [5.41, 5.74) is 1.50. The van der Waals surface area contributed by atoms with Gasteiger partial charge in [-0.25, -0.2) is 0 Å². The number of aromatic nitrogens is 3. The zero-order chi connectivity index (χ0) is 21.6. The third kappa shape index (κ3) is 5.83. The number of nitrogens with one attached hydrogen (secondary N) is 1. The van der Waals surface area contributed by atoms with E-state index in [1.807, 2.05) is 29.2 Å². The number of rotatable bonds is 9. The Morgan fingerprint density at radius 1 is 1.16 bits per heavy atom. The second kappa shape index (κ2) is 9.94. The zero-order valence-electron chi connectivity index (χ0n) is 18.1. The minimum Gasteiger partial charge on any atom is -0.497 e. The molecule has 1 aliphatic carbocycles. The fourth-order valence-electron chi connectivity index (χ4n) is 4.10. The molecule has 0 spiro atoms. The van der Waals surface area contributed by atoms with Gasteiger partial charge >= 0.3 is 0 Å². The van der Waals surface area contributed by atoms with E-state index in [2.05, 4.69) is 15.6 Å². The molecular weight excluding hydrogens is 394 g/mol. The Hall–Kier alpha value is -2.90. The van der Waals surface area contributed by atoms with E-state index >= 15 is 0 Å². The van der Waals surface area contributed by atoms with E-state index in [4.69, 9.17) is 4.74 Å². The van der Waals surface area contributed by atoms with Crippen LogP contribution in [0.3, 0.4) is 0 Å². The van der Waals surface area contributed by atoms with Gasteiger partial charge in [0.1, 0.15) is 5.75 Å². The van der Waals surface area contributed by atoms with Gasteiger partial charge in [0.2, 0.25) is 5.91 Å². The molecule has 2 fully saturated rings. The van der Waals surface area contributed by atoms with Crippen LogP contribution >= 0.6 is 0 Å². The van der Waals surface area contributed by atoms with E-state index in [0.29, 0.717) is 24.7 Å². The van der Waals surface area contributed by atoms with E-state index in [0.717, 1.165) is 62.8 Å². The number of piperidine rings is 1. The zero-order valence-corrected chi connectivity index (χ0v) is 18.1. The average molecular weight is 426 g/mol. The molecule has 4 rings (SSSR count). The van der Waals surface area contributed by atoms with Crippen LogP contribution in [0.15, 0.2) is 30.5 Å². The first-order valence-electron chi connectivity index (χ1n) is 11.3. The van der Waals surface area contributed by atoms with Crippen molar-refractivity contribution in [1.29, 1.82) is 0 Å². The van der Waals surface area contributed by atoms with Crippen LogP contribution in [0.25, 0.3) is 0 Å². The molecular formula is C23H31N5O3. The Labute approximate surface area is 182 Å². The normalized spacial score (nSPS) is 18.6. The number of benzene rings is 1. The molecule has 1 aromatic heterocycles. The van der Waals surface area contributed by atoms with Crippen LogP contribution in [0.5, 0.6) is 5.75 Å². The van der Waals surface area contributed by atoms with Gasteiger partial charge in [-0.05, 0) is 62.6 Å². The standard InChI is InChI=1S/C23H31N5O3/c1-31-20-10-5-17(6-11-20)7-12-22(29)28-14-3-2-4-19(28)13-15-27-16-21(25-26-27)23(30)24-18-8-9-18/h5-6,10-11,16,18-19H,2-4,7-9,12-15H2,1H3,(H,24,30)/t19-/m1/s1. The monoisotopic (exact) mass is 425 g/mol. The predicted molar refractivity (Wildman–Crippen MR) is 116 cm³/mol. The van der Waals surface area contributed by atoms with Crippen LogP contribution in [0, 0.1) is 0 Å². The smallest absolute Gasteiger partial charge is 0.273 e. The SMILES string of the molecule is COc1ccc(CCC(=O)N2CCCC[C@@H]2CCn2cc(C(=O)NC3CC3)nn2)cc1. The van der Waals surface area contributed by atoms with Crippen LogP contribution in [-0.2, 0) is 17.8 Å². The van der Waals surface area contributed by atoms with Crippen molar-refractivity contribution in [3.8, 4) is 5.75 Å². The summed E-state index contributed by atoms with van der Waals surface area (Å²) in [7, 11) is 1.65. The van der Waals surface area contributed by atoms with Gasteiger partial charge in [0, 0.05) is 31.6 Å². The quantitative estimate of drug-likeness (QED) is 0.667. The largest absolute Gasteiger partial charge is 0.497 e. The number of likely N-dealkylation sites (tertiary alicyclic amines) is 1. The van der Waals surface area contributed by atoms with Gasteiger partial charge in [-0.3, -0.25) is 14.3 Å². The molecule has 1 saturated carbocycles. The summed E-state index contributed by atoms with van der Waals surface area (Å²) in [6.45, 7) is 1.47. The first kappa shape index (κ1) is 21.3. The van der Waals surface area contributed by atoms with E-state index in [1.165, 1.54) is 0 Å². The lowest BCUT2D eigenvalue weighted by Crippen LogP contribution is -2.44. The number of amides is 2. The molecule has 2 heterocycles. The Kier molecular flexibility index (Phi) is 6.84. The van der Waals surface area contributed by atoms with E-state index < -0.39 is 0 Å². The summed E-state index contributed by atoms with van der Waals surface area (Å²) in [6, 6.07) is 8.41. The number of nitrogens with zero attached hydrogens (tertiary/aromatic N) is 4. The Bertz CT molecular complexity index is 891. The molecule has 1 N–H and O–H groups in total. The molecule has 166 valence electrons. The average Bonchev–Trinajstić information content (AvgIpc) is 3.49. The molecule has 1 atom stereocenters. The Morgan fingerprint density at radius 2 is 1.97 bits per heavy atom. The van der Waals surface area contributed by atoms with Crippen molar-refractivity contribution < 1.29 is 14.3 Å². The fourth-order valence-corrected chi connectivity index (χ4v) is 4.10. The second-order valence-electron chi connectivity index (χ2n) is 8.49. The van der Waals surface area contributed by atoms with Gasteiger partial charge < -0.3 is 15.0 Å². The first-order valence-corrected chi connectivity index (χ1v) is 11.3. The summed E-state index contributed by atoms with van der Waals surface area (Å²) in [5, 5.41) is 11.0. The highest BCUT2D eigenvalue weighted by atomic mass is 16.5. The molecule has 1 aromatic carbocycles.